The second-order valence-electron chi connectivity index (χ2n) is 6.66. The molecule has 0 saturated carbocycles. The number of benzene rings is 1. The topological polar surface area (TPSA) is 88.8 Å². The number of nitrogens with zero attached hydrogens (tertiary/aromatic N) is 1. The number of carbonyl (C=O) groups is 3. The molecule has 2 amide bonds. The minimum absolute atomic E-state index is 0.0815. The van der Waals surface area contributed by atoms with Crippen molar-refractivity contribution in [1.82, 2.24) is 4.90 Å². The Morgan fingerprint density at radius 2 is 2.07 bits per heavy atom. The lowest BCUT2D eigenvalue weighted by atomic mass is 10.1. The van der Waals surface area contributed by atoms with Gasteiger partial charge in [-0.15, -0.1) is 0 Å². The molecule has 0 aliphatic carbocycles. The number of ether oxygens (including phenoxy) is 1. The molecule has 1 N–H and O–H groups in total. The van der Waals surface area contributed by atoms with E-state index in [2.05, 4.69) is 5.32 Å². The van der Waals surface area contributed by atoms with Gasteiger partial charge >= 0.3 is 5.97 Å². The summed E-state index contributed by atoms with van der Waals surface area (Å²) in [5, 5.41) is 2.74. The van der Waals surface area contributed by atoms with Crippen LogP contribution in [0.15, 0.2) is 41.0 Å². The van der Waals surface area contributed by atoms with Gasteiger partial charge in [0, 0.05) is 18.7 Å². The van der Waals surface area contributed by atoms with Crippen LogP contribution in [-0.2, 0) is 25.7 Å². The highest BCUT2D eigenvalue weighted by Crippen LogP contribution is 2.22. The standard InChI is InChI=1S/C20H22N2O5/c1-13-5-3-7-17(14(13)2)21-18(23)12-27-20(25)15-9-19(24)22(10-15)11-16-6-4-8-26-16/h3-8,15H,9-12H2,1-2H3,(H,21,23)/t15-/m0/s1. The molecule has 1 fully saturated rings. The van der Waals surface area contributed by atoms with E-state index in [4.69, 9.17) is 9.15 Å². The third-order valence-electron chi connectivity index (χ3n) is 4.70. The second-order valence-corrected chi connectivity index (χ2v) is 6.66. The first-order chi connectivity index (χ1) is 12.9. The zero-order valence-corrected chi connectivity index (χ0v) is 15.4. The lowest BCUT2D eigenvalue weighted by Crippen LogP contribution is -2.28. The van der Waals surface area contributed by atoms with E-state index >= 15 is 0 Å². The highest BCUT2D eigenvalue weighted by Gasteiger charge is 2.35. The van der Waals surface area contributed by atoms with Crippen molar-refractivity contribution in [3.05, 3.63) is 53.5 Å². The van der Waals surface area contributed by atoms with Crippen LogP contribution in [0.3, 0.4) is 0 Å². The Bertz CT molecular complexity index is 844. The molecule has 1 aromatic heterocycles. The maximum Gasteiger partial charge on any atom is 0.311 e. The lowest BCUT2D eigenvalue weighted by molar-refractivity contribution is -0.151. The minimum Gasteiger partial charge on any atom is -0.467 e. The SMILES string of the molecule is Cc1cccc(NC(=O)COC(=O)[C@H]2CC(=O)N(Cc3ccco3)C2)c1C. The molecular weight excluding hydrogens is 348 g/mol. The Morgan fingerprint density at radius 3 is 2.81 bits per heavy atom. The van der Waals surface area contributed by atoms with Crippen molar-refractivity contribution in [2.24, 2.45) is 5.92 Å². The van der Waals surface area contributed by atoms with E-state index in [1.54, 1.807) is 23.1 Å². The van der Waals surface area contributed by atoms with E-state index in [0.717, 1.165) is 11.1 Å². The highest BCUT2D eigenvalue weighted by atomic mass is 16.5. The summed E-state index contributed by atoms with van der Waals surface area (Å²) in [4.78, 5) is 37.9. The fourth-order valence-electron chi connectivity index (χ4n) is 3.00. The van der Waals surface area contributed by atoms with Gasteiger partial charge in [0.15, 0.2) is 6.61 Å². The highest BCUT2D eigenvalue weighted by molar-refractivity contribution is 5.94. The number of rotatable bonds is 6. The van der Waals surface area contributed by atoms with E-state index in [9.17, 15) is 14.4 Å². The molecule has 1 atom stereocenters. The fraction of sp³-hybridized carbons (Fsp3) is 0.350. The summed E-state index contributed by atoms with van der Waals surface area (Å²) in [6.07, 6.45) is 1.62. The van der Waals surface area contributed by atoms with Crippen LogP contribution in [0, 0.1) is 19.8 Å². The van der Waals surface area contributed by atoms with Gasteiger partial charge in [-0.1, -0.05) is 12.1 Å². The minimum atomic E-state index is -0.569. The second kappa shape index (κ2) is 8.07. The number of amides is 2. The first-order valence-electron chi connectivity index (χ1n) is 8.77. The molecule has 0 bridgehead atoms. The number of esters is 1. The Labute approximate surface area is 157 Å². The lowest BCUT2D eigenvalue weighted by Gasteiger charge is -2.15. The smallest absolute Gasteiger partial charge is 0.311 e. The first-order valence-corrected chi connectivity index (χ1v) is 8.77. The molecule has 0 unspecified atom stereocenters. The fourth-order valence-corrected chi connectivity index (χ4v) is 3.00. The predicted molar refractivity (Wildman–Crippen MR) is 97.7 cm³/mol. The molecule has 0 radical (unpaired) electrons. The number of likely N-dealkylation sites (tertiary alicyclic amines) is 1. The van der Waals surface area contributed by atoms with Crippen LogP contribution in [-0.4, -0.2) is 35.8 Å². The van der Waals surface area contributed by atoms with Crippen LogP contribution in [0.4, 0.5) is 5.69 Å². The van der Waals surface area contributed by atoms with Crippen molar-refractivity contribution >= 4 is 23.5 Å². The molecule has 1 saturated heterocycles. The Kier molecular flexibility index (Phi) is 5.59. The summed E-state index contributed by atoms with van der Waals surface area (Å²) in [6.45, 7) is 4.07. The van der Waals surface area contributed by atoms with E-state index in [1.807, 2.05) is 26.0 Å². The van der Waals surface area contributed by atoms with Crippen molar-refractivity contribution in [3.8, 4) is 0 Å². The van der Waals surface area contributed by atoms with E-state index in [1.165, 1.54) is 6.26 Å². The van der Waals surface area contributed by atoms with Crippen molar-refractivity contribution in [2.45, 2.75) is 26.8 Å². The van der Waals surface area contributed by atoms with E-state index < -0.39 is 17.8 Å². The Hall–Kier alpha value is -3.09. The van der Waals surface area contributed by atoms with Gasteiger partial charge in [0.25, 0.3) is 5.91 Å². The summed E-state index contributed by atoms with van der Waals surface area (Å²) >= 11 is 0. The van der Waals surface area contributed by atoms with Crippen molar-refractivity contribution < 1.29 is 23.5 Å². The molecule has 3 rings (SSSR count). The quantitative estimate of drug-likeness (QED) is 0.789. The molecule has 7 heteroatoms. The normalized spacial score (nSPS) is 16.4. The largest absolute Gasteiger partial charge is 0.467 e. The van der Waals surface area contributed by atoms with Crippen molar-refractivity contribution in [3.63, 3.8) is 0 Å². The summed E-state index contributed by atoms with van der Waals surface area (Å²) < 4.78 is 10.3. The molecule has 2 heterocycles. The van der Waals surface area contributed by atoms with Gasteiger partial charge in [-0.2, -0.15) is 0 Å². The predicted octanol–water partition coefficient (Wildman–Crippen LogP) is 2.43. The number of anilines is 1. The van der Waals surface area contributed by atoms with Crippen LogP contribution in [0.25, 0.3) is 0 Å². The maximum atomic E-state index is 12.2. The average molecular weight is 370 g/mol. The maximum absolute atomic E-state index is 12.2. The van der Waals surface area contributed by atoms with Gasteiger partial charge in [0.05, 0.1) is 18.7 Å². The van der Waals surface area contributed by atoms with Gasteiger partial charge < -0.3 is 19.4 Å². The molecule has 142 valence electrons. The Morgan fingerprint density at radius 1 is 1.26 bits per heavy atom. The van der Waals surface area contributed by atoms with Crippen LogP contribution in [0.1, 0.15) is 23.3 Å². The first kappa shape index (κ1) is 18.7. The van der Waals surface area contributed by atoms with Gasteiger partial charge in [-0.3, -0.25) is 14.4 Å². The van der Waals surface area contributed by atoms with Crippen molar-refractivity contribution in [1.29, 1.82) is 0 Å². The van der Waals surface area contributed by atoms with Crippen LogP contribution >= 0.6 is 0 Å². The third-order valence-corrected chi connectivity index (χ3v) is 4.70. The number of hydrogen-bond donors (Lipinski definition) is 1. The number of hydrogen-bond acceptors (Lipinski definition) is 5. The summed E-state index contributed by atoms with van der Waals surface area (Å²) in [5.74, 6) is -0.991. The zero-order valence-electron chi connectivity index (χ0n) is 15.4. The third kappa shape index (κ3) is 4.55. The molecule has 2 aromatic rings. The summed E-state index contributed by atoms with van der Waals surface area (Å²) in [7, 11) is 0. The molecule has 27 heavy (non-hydrogen) atoms. The molecule has 1 aliphatic heterocycles. The Balaban J connectivity index is 1.48. The van der Waals surface area contributed by atoms with Gasteiger partial charge in [-0.25, -0.2) is 0 Å². The van der Waals surface area contributed by atoms with Crippen molar-refractivity contribution in [2.75, 3.05) is 18.5 Å². The van der Waals surface area contributed by atoms with Crippen LogP contribution in [0.2, 0.25) is 0 Å². The van der Waals surface area contributed by atoms with Crippen LogP contribution < -0.4 is 5.32 Å². The summed E-state index contributed by atoms with van der Waals surface area (Å²) in [6, 6.07) is 9.12. The average Bonchev–Trinajstić information content (AvgIpc) is 3.27. The summed E-state index contributed by atoms with van der Waals surface area (Å²) in [5.41, 5.74) is 2.72. The van der Waals surface area contributed by atoms with Crippen LogP contribution in [0.5, 0.6) is 0 Å². The number of carbonyl (C=O) groups excluding carboxylic acids is 3. The molecule has 0 spiro atoms. The number of nitrogens with one attached hydrogen (secondary N) is 1. The molecule has 1 aliphatic rings. The zero-order chi connectivity index (χ0) is 19.4. The molecule has 7 nitrogen and oxygen atoms in total. The van der Waals surface area contributed by atoms with E-state index in [0.29, 0.717) is 18.0 Å². The molecular formula is C20H22N2O5. The molecule has 1 aromatic carbocycles. The van der Waals surface area contributed by atoms with Gasteiger partial charge in [0.1, 0.15) is 5.76 Å². The number of aryl methyl sites for hydroxylation is 1. The monoisotopic (exact) mass is 370 g/mol. The van der Waals surface area contributed by atoms with E-state index in [-0.39, 0.29) is 25.5 Å². The van der Waals surface area contributed by atoms with Gasteiger partial charge in [0.2, 0.25) is 5.91 Å². The van der Waals surface area contributed by atoms with Gasteiger partial charge in [-0.05, 0) is 43.2 Å². The number of furan rings is 1.